The van der Waals surface area contributed by atoms with Crippen LogP contribution in [-0.4, -0.2) is 20.9 Å². The molecule has 3 aromatic rings. The van der Waals surface area contributed by atoms with Gasteiger partial charge < -0.3 is 5.32 Å². The zero-order chi connectivity index (χ0) is 20.1. The van der Waals surface area contributed by atoms with Crippen molar-refractivity contribution in [1.29, 1.82) is 0 Å². The number of thiophene rings is 1. The van der Waals surface area contributed by atoms with Gasteiger partial charge in [-0.1, -0.05) is 36.4 Å². The Morgan fingerprint density at radius 3 is 2.36 bits per heavy atom. The lowest BCUT2D eigenvalue weighted by Gasteiger charge is -2.24. The lowest BCUT2D eigenvalue weighted by atomic mass is 10.1. The zero-order valence-corrected chi connectivity index (χ0v) is 16.7. The largest absolute Gasteiger partial charge is 0.348 e. The Labute approximate surface area is 167 Å². The van der Waals surface area contributed by atoms with Gasteiger partial charge >= 0.3 is 0 Å². The van der Waals surface area contributed by atoms with Gasteiger partial charge in [0, 0.05) is 0 Å². The maximum Gasteiger partial charge on any atom is 0.274 e. The van der Waals surface area contributed by atoms with Crippen molar-refractivity contribution in [3.8, 4) is 0 Å². The first kappa shape index (κ1) is 20.0. The number of halogens is 1. The van der Waals surface area contributed by atoms with E-state index in [1.54, 1.807) is 11.4 Å². The number of hydrogen-bond donors (Lipinski definition) is 1. The highest BCUT2D eigenvalue weighted by Gasteiger charge is 2.28. The zero-order valence-electron chi connectivity index (χ0n) is 15.1. The van der Waals surface area contributed by atoms with Gasteiger partial charge in [-0.05, 0) is 48.2 Å². The Morgan fingerprint density at radius 1 is 1.07 bits per heavy atom. The molecule has 0 aliphatic heterocycles. The Balaban J connectivity index is 1.85. The Morgan fingerprint density at radius 2 is 1.75 bits per heavy atom. The van der Waals surface area contributed by atoms with E-state index >= 15 is 0 Å². The summed E-state index contributed by atoms with van der Waals surface area (Å²) < 4.78 is 40.5. The molecule has 0 radical (unpaired) electrons. The van der Waals surface area contributed by atoms with Crippen molar-refractivity contribution in [2.45, 2.75) is 17.2 Å². The molecule has 1 N–H and O–H groups in total. The van der Waals surface area contributed by atoms with E-state index in [9.17, 15) is 17.6 Å². The lowest BCUT2D eigenvalue weighted by Crippen LogP contribution is -2.41. The molecule has 1 amide bonds. The Bertz CT molecular complexity index is 1020. The number of sulfonamides is 1. The van der Waals surface area contributed by atoms with E-state index in [2.05, 4.69) is 5.32 Å². The number of nitrogens with zero attached hydrogens (tertiary/aromatic N) is 1. The molecule has 5 nitrogen and oxygen atoms in total. The van der Waals surface area contributed by atoms with E-state index < -0.39 is 28.3 Å². The van der Waals surface area contributed by atoms with Gasteiger partial charge in [-0.15, -0.1) is 11.3 Å². The minimum atomic E-state index is -3.95. The molecular formula is C20H19FN2O3S2. The van der Waals surface area contributed by atoms with Crippen LogP contribution in [0.2, 0.25) is 0 Å². The number of nitrogens with one attached hydrogen (secondary N) is 1. The predicted molar refractivity (Wildman–Crippen MR) is 108 cm³/mol. The van der Waals surface area contributed by atoms with Gasteiger partial charge in [0.25, 0.3) is 10.0 Å². The topological polar surface area (TPSA) is 66.5 Å². The first-order chi connectivity index (χ1) is 13.4. The maximum absolute atomic E-state index is 13.3. The maximum atomic E-state index is 13.3. The minimum absolute atomic E-state index is 0.112. The molecule has 1 unspecified atom stereocenters. The van der Waals surface area contributed by atoms with Crippen molar-refractivity contribution in [3.63, 3.8) is 0 Å². The monoisotopic (exact) mass is 418 g/mol. The average molecular weight is 419 g/mol. The molecule has 0 saturated heterocycles. The molecule has 28 heavy (non-hydrogen) atoms. The summed E-state index contributed by atoms with van der Waals surface area (Å²) in [5, 5.41) is 4.46. The molecule has 0 aliphatic rings. The molecule has 0 aliphatic carbocycles. The molecule has 1 atom stereocenters. The van der Waals surface area contributed by atoms with E-state index in [0.29, 0.717) is 0 Å². The molecule has 3 rings (SSSR count). The summed E-state index contributed by atoms with van der Waals surface area (Å²) >= 11 is 1.06. The third kappa shape index (κ3) is 4.58. The first-order valence-electron chi connectivity index (χ1n) is 8.54. The fourth-order valence-corrected chi connectivity index (χ4v) is 5.21. The van der Waals surface area contributed by atoms with Crippen LogP contribution in [0.3, 0.4) is 0 Å². The number of carbonyl (C=O) groups is 1. The van der Waals surface area contributed by atoms with Crippen LogP contribution in [0.25, 0.3) is 0 Å². The summed E-state index contributed by atoms with van der Waals surface area (Å²) in [6.45, 7) is 1.41. The Hall–Kier alpha value is -2.71. The summed E-state index contributed by atoms with van der Waals surface area (Å²) in [5.41, 5.74) is 1.13. The second-order valence-electron chi connectivity index (χ2n) is 6.12. The predicted octanol–water partition coefficient (Wildman–Crippen LogP) is 3.96. The van der Waals surface area contributed by atoms with Gasteiger partial charge in [0.2, 0.25) is 5.91 Å². The molecule has 1 aromatic heterocycles. The molecular weight excluding hydrogens is 399 g/mol. The van der Waals surface area contributed by atoms with E-state index in [-0.39, 0.29) is 15.9 Å². The number of anilines is 1. The van der Waals surface area contributed by atoms with Crippen LogP contribution in [0.5, 0.6) is 0 Å². The third-order valence-corrected chi connectivity index (χ3v) is 7.27. The van der Waals surface area contributed by atoms with Gasteiger partial charge in [0.1, 0.15) is 16.6 Å². The highest BCUT2D eigenvalue weighted by atomic mass is 32.2. The van der Waals surface area contributed by atoms with Crippen LogP contribution < -0.4 is 9.62 Å². The van der Waals surface area contributed by atoms with E-state index in [1.165, 1.54) is 18.2 Å². The fraction of sp³-hybridized carbons (Fsp3) is 0.150. The van der Waals surface area contributed by atoms with Gasteiger partial charge in [-0.3, -0.25) is 9.10 Å². The first-order valence-corrected chi connectivity index (χ1v) is 10.9. The van der Waals surface area contributed by atoms with Crippen LogP contribution in [-0.2, 0) is 14.8 Å². The summed E-state index contributed by atoms with van der Waals surface area (Å²) in [4.78, 5) is 12.6. The quantitative estimate of drug-likeness (QED) is 0.632. The van der Waals surface area contributed by atoms with Gasteiger partial charge in [-0.25, -0.2) is 12.8 Å². The molecule has 0 saturated carbocycles. The standard InChI is InChI=1S/C20H19FN2O3S2/c1-15(16-6-3-2-4-7-16)22-19(24)14-23(18-11-9-17(21)10-12-18)28(25,26)20-8-5-13-27-20/h2-13,15H,14H2,1H3,(H,22,24). The summed E-state index contributed by atoms with van der Waals surface area (Å²) in [5.74, 6) is -0.944. The number of amides is 1. The van der Waals surface area contributed by atoms with Crippen molar-refractivity contribution in [2.75, 3.05) is 10.8 Å². The van der Waals surface area contributed by atoms with Crippen LogP contribution in [0.1, 0.15) is 18.5 Å². The minimum Gasteiger partial charge on any atom is -0.348 e. The van der Waals surface area contributed by atoms with Crippen LogP contribution in [0.4, 0.5) is 10.1 Å². The van der Waals surface area contributed by atoms with Crippen LogP contribution in [0, 0.1) is 5.82 Å². The van der Waals surface area contributed by atoms with Crippen molar-refractivity contribution >= 4 is 33.0 Å². The number of hydrogen-bond acceptors (Lipinski definition) is 4. The molecule has 146 valence electrons. The fourth-order valence-electron chi connectivity index (χ4n) is 2.68. The number of rotatable bonds is 7. The van der Waals surface area contributed by atoms with Crippen molar-refractivity contribution in [2.24, 2.45) is 0 Å². The normalized spacial score (nSPS) is 12.4. The summed E-state index contributed by atoms with van der Waals surface area (Å²) in [7, 11) is -3.95. The molecule has 0 spiro atoms. The van der Waals surface area contributed by atoms with Crippen molar-refractivity contribution < 1.29 is 17.6 Å². The molecule has 0 fully saturated rings. The van der Waals surface area contributed by atoms with Crippen LogP contribution >= 0.6 is 11.3 Å². The lowest BCUT2D eigenvalue weighted by molar-refractivity contribution is -0.120. The number of carbonyl (C=O) groups excluding carboxylic acids is 1. The van der Waals surface area contributed by atoms with E-state index in [4.69, 9.17) is 0 Å². The van der Waals surface area contributed by atoms with Crippen molar-refractivity contribution in [3.05, 3.63) is 83.5 Å². The highest BCUT2D eigenvalue weighted by Crippen LogP contribution is 2.26. The van der Waals surface area contributed by atoms with Crippen LogP contribution in [0.15, 0.2) is 76.3 Å². The average Bonchev–Trinajstić information content (AvgIpc) is 3.23. The Kier molecular flexibility index (Phi) is 6.11. The second-order valence-corrected chi connectivity index (χ2v) is 9.16. The summed E-state index contributed by atoms with van der Waals surface area (Å²) in [6, 6.07) is 17.2. The van der Waals surface area contributed by atoms with Gasteiger partial charge in [0.05, 0.1) is 11.7 Å². The van der Waals surface area contributed by atoms with Crippen molar-refractivity contribution in [1.82, 2.24) is 5.32 Å². The SMILES string of the molecule is CC(NC(=O)CN(c1ccc(F)cc1)S(=O)(=O)c1cccs1)c1ccccc1. The molecule has 1 heterocycles. The number of benzene rings is 2. The summed E-state index contributed by atoms with van der Waals surface area (Å²) in [6.07, 6.45) is 0. The molecule has 2 aromatic carbocycles. The van der Waals surface area contributed by atoms with Gasteiger partial charge in [0.15, 0.2) is 0 Å². The van der Waals surface area contributed by atoms with E-state index in [0.717, 1.165) is 33.3 Å². The smallest absolute Gasteiger partial charge is 0.274 e. The highest BCUT2D eigenvalue weighted by molar-refractivity contribution is 7.94. The molecule has 8 heteroatoms. The third-order valence-electron chi connectivity index (χ3n) is 4.12. The molecule has 0 bridgehead atoms. The van der Waals surface area contributed by atoms with Gasteiger partial charge in [-0.2, -0.15) is 0 Å². The van der Waals surface area contributed by atoms with E-state index in [1.807, 2.05) is 37.3 Å². The second kappa shape index (κ2) is 8.53.